The minimum Gasteiger partial charge on any atom is -0.310 e. The van der Waals surface area contributed by atoms with Crippen LogP contribution in [0.4, 0.5) is 5.82 Å². The molecule has 7 heteroatoms. The molecule has 1 unspecified atom stereocenters. The van der Waals surface area contributed by atoms with Crippen LogP contribution in [0.2, 0.25) is 0 Å². The summed E-state index contributed by atoms with van der Waals surface area (Å²) in [6.07, 6.45) is 0. The molecule has 0 amide bonds. The Hall–Kier alpha value is -2.69. The van der Waals surface area contributed by atoms with Gasteiger partial charge in [-0.25, -0.2) is 9.67 Å². The van der Waals surface area contributed by atoms with Crippen molar-refractivity contribution in [2.45, 2.75) is 13.8 Å². The van der Waals surface area contributed by atoms with Crippen LogP contribution in [0.5, 0.6) is 0 Å². The standard InChI is InChI=1S/C20H21N4O2P/c1-4-26-27(25)18-15(2)22-24(17-13-9-6-10-14-17)20(18)21-19(23(27)3)16-11-7-5-8-12-16/h5-14H,4H2,1-3H3. The third-order valence-electron chi connectivity index (χ3n) is 4.54. The second-order valence-electron chi connectivity index (χ2n) is 6.27. The lowest BCUT2D eigenvalue weighted by molar-refractivity contribution is 0.317. The first-order valence-corrected chi connectivity index (χ1v) is 10.4. The molecule has 1 atom stereocenters. The van der Waals surface area contributed by atoms with Gasteiger partial charge in [0, 0.05) is 12.6 Å². The lowest BCUT2D eigenvalue weighted by Gasteiger charge is -2.33. The smallest absolute Gasteiger partial charge is 0.310 e. The zero-order valence-electron chi connectivity index (χ0n) is 15.5. The van der Waals surface area contributed by atoms with E-state index in [1.54, 1.807) is 16.4 Å². The number of nitrogens with zero attached hydrogens (tertiary/aromatic N) is 4. The van der Waals surface area contributed by atoms with E-state index in [9.17, 15) is 4.57 Å². The first-order valence-electron chi connectivity index (χ1n) is 8.84. The van der Waals surface area contributed by atoms with Crippen LogP contribution in [0.25, 0.3) is 5.69 Å². The molecule has 0 spiro atoms. The Balaban J connectivity index is 2.01. The van der Waals surface area contributed by atoms with Crippen LogP contribution in [-0.2, 0) is 9.09 Å². The number of amidine groups is 1. The zero-order chi connectivity index (χ0) is 19.0. The number of aromatic nitrogens is 2. The number of aryl methyl sites for hydroxylation is 1. The monoisotopic (exact) mass is 380 g/mol. The van der Waals surface area contributed by atoms with Crippen LogP contribution in [0.1, 0.15) is 18.2 Å². The van der Waals surface area contributed by atoms with Gasteiger partial charge in [0.05, 0.1) is 18.0 Å². The SMILES string of the molecule is CCOP1(=O)c2c(C)nn(-c3ccccc3)c2N=C(c2ccccc2)N1C. The summed E-state index contributed by atoms with van der Waals surface area (Å²) in [7, 11) is -1.57. The van der Waals surface area contributed by atoms with Gasteiger partial charge in [0.2, 0.25) is 0 Å². The molecule has 0 aliphatic carbocycles. The highest BCUT2D eigenvalue weighted by Gasteiger charge is 2.44. The maximum absolute atomic E-state index is 14.0. The summed E-state index contributed by atoms with van der Waals surface area (Å²) < 4.78 is 23.3. The minimum atomic E-state index is -3.33. The molecule has 3 aromatic rings. The summed E-state index contributed by atoms with van der Waals surface area (Å²) in [6, 6.07) is 19.5. The summed E-state index contributed by atoms with van der Waals surface area (Å²) >= 11 is 0. The van der Waals surface area contributed by atoms with Crippen LogP contribution < -0.4 is 5.30 Å². The van der Waals surface area contributed by atoms with E-state index in [0.717, 1.165) is 11.3 Å². The van der Waals surface area contributed by atoms with Gasteiger partial charge in [0.1, 0.15) is 11.1 Å². The number of fused-ring (bicyclic) bond motifs is 1. The molecule has 1 aromatic heterocycles. The molecule has 2 heterocycles. The van der Waals surface area contributed by atoms with E-state index in [0.29, 0.717) is 29.3 Å². The highest BCUT2D eigenvalue weighted by atomic mass is 31.2. The summed E-state index contributed by atoms with van der Waals surface area (Å²) in [5.41, 5.74) is 2.41. The number of hydrogen-bond donors (Lipinski definition) is 0. The summed E-state index contributed by atoms with van der Waals surface area (Å²) in [6.45, 7) is 4.03. The Labute approximate surface area is 158 Å². The average Bonchev–Trinajstić information content (AvgIpc) is 3.03. The van der Waals surface area contributed by atoms with Crippen molar-refractivity contribution in [2.24, 2.45) is 4.99 Å². The van der Waals surface area contributed by atoms with Crippen molar-refractivity contribution in [3.8, 4) is 5.69 Å². The van der Waals surface area contributed by atoms with Crippen molar-refractivity contribution in [3.05, 3.63) is 71.9 Å². The Morgan fingerprint density at radius 1 is 1.04 bits per heavy atom. The molecular formula is C20H21N4O2P. The predicted molar refractivity (Wildman–Crippen MR) is 108 cm³/mol. The average molecular weight is 380 g/mol. The third-order valence-corrected chi connectivity index (χ3v) is 7.21. The van der Waals surface area contributed by atoms with Crippen molar-refractivity contribution < 1.29 is 9.09 Å². The molecule has 27 heavy (non-hydrogen) atoms. The molecule has 0 saturated heterocycles. The fourth-order valence-corrected chi connectivity index (χ4v) is 5.51. The minimum absolute atomic E-state index is 0.332. The van der Waals surface area contributed by atoms with E-state index in [1.807, 2.05) is 74.5 Å². The second kappa shape index (κ2) is 6.80. The molecular weight excluding hydrogens is 359 g/mol. The quantitative estimate of drug-likeness (QED) is 0.641. The van der Waals surface area contributed by atoms with Gasteiger partial charge in [-0.1, -0.05) is 48.5 Å². The van der Waals surface area contributed by atoms with Crippen LogP contribution in [0.15, 0.2) is 65.7 Å². The Kier molecular flexibility index (Phi) is 4.46. The number of benzene rings is 2. The van der Waals surface area contributed by atoms with E-state index in [4.69, 9.17) is 9.52 Å². The number of hydrogen-bond acceptors (Lipinski definition) is 4. The Morgan fingerprint density at radius 2 is 1.67 bits per heavy atom. The van der Waals surface area contributed by atoms with Crippen LogP contribution in [0, 0.1) is 6.92 Å². The highest BCUT2D eigenvalue weighted by Crippen LogP contribution is 2.55. The molecule has 0 fully saturated rings. The number of para-hydroxylation sites is 1. The fourth-order valence-electron chi connectivity index (χ4n) is 3.30. The van der Waals surface area contributed by atoms with Gasteiger partial charge in [0.15, 0.2) is 5.82 Å². The van der Waals surface area contributed by atoms with Crippen molar-refractivity contribution in [2.75, 3.05) is 13.7 Å². The van der Waals surface area contributed by atoms with Gasteiger partial charge >= 0.3 is 7.52 Å². The molecule has 138 valence electrons. The summed E-state index contributed by atoms with van der Waals surface area (Å²) in [4.78, 5) is 4.86. The van der Waals surface area contributed by atoms with Gasteiger partial charge in [-0.3, -0.25) is 9.24 Å². The number of rotatable bonds is 4. The summed E-state index contributed by atoms with van der Waals surface area (Å²) in [5, 5.41) is 5.20. The van der Waals surface area contributed by atoms with E-state index in [2.05, 4.69) is 5.10 Å². The lowest BCUT2D eigenvalue weighted by Crippen LogP contribution is -2.34. The summed E-state index contributed by atoms with van der Waals surface area (Å²) in [5.74, 6) is 1.17. The topological polar surface area (TPSA) is 59.7 Å². The van der Waals surface area contributed by atoms with Gasteiger partial charge in [-0.15, -0.1) is 0 Å². The first kappa shape index (κ1) is 17.7. The third kappa shape index (κ3) is 2.82. The fraction of sp³-hybridized carbons (Fsp3) is 0.200. The molecule has 1 aliphatic rings. The van der Waals surface area contributed by atoms with Crippen molar-refractivity contribution in [1.29, 1.82) is 0 Å². The molecule has 0 radical (unpaired) electrons. The Morgan fingerprint density at radius 3 is 2.30 bits per heavy atom. The van der Waals surface area contributed by atoms with E-state index in [-0.39, 0.29) is 0 Å². The van der Waals surface area contributed by atoms with Crippen molar-refractivity contribution in [1.82, 2.24) is 14.5 Å². The molecule has 4 rings (SSSR count). The first-order chi connectivity index (χ1) is 13.1. The number of aliphatic imine (C=N–C) groups is 1. The zero-order valence-corrected chi connectivity index (χ0v) is 16.4. The molecule has 0 bridgehead atoms. The molecule has 2 aromatic carbocycles. The second-order valence-corrected chi connectivity index (χ2v) is 8.61. The largest absolute Gasteiger partial charge is 0.333 e. The molecule has 6 nitrogen and oxygen atoms in total. The van der Waals surface area contributed by atoms with Crippen LogP contribution in [0.3, 0.4) is 0 Å². The normalized spacial score (nSPS) is 18.9. The highest BCUT2D eigenvalue weighted by molar-refractivity contribution is 7.66. The molecule has 0 saturated carbocycles. The molecule has 1 aliphatic heterocycles. The van der Waals surface area contributed by atoms with Crippen LogP contribution >= 0.6 is 7.52 Å². The van der Waals surface area contributed by atoms with Gasteiger partial charge in [-0.05, 0) is 26.0 Å². The van der Waals surface area contributed by atoms with Crippen molar-refractivity contribution in [3.63, 3.8) is 0 Å². The van der Waals surface area contributed by atoms with Crippen molar-refractivity contribution >= 4 is 24.5 Å². The lowest BCUT2D eigenvalue weighted by atomic mass is 10.2. The maximum atomic E-state index is 14.0. The van der Waals surface area contributed by atoms with Gasteiger partial charge < -0.3 is 4.52 Å². The Bertz CT molecular complexity index is 1040. The van der Waals surface area contributed by atoms with E-state index >= 15 is 0 Å². The molecule has 0 N–H and O–H groups in total. The maximum Gasteiger partial charge on any atom is 0.333 e. The van der Waals surface area contributed by atoms with Gasteiger partial charge in [-0.2, -0.15) is 5.10 Å². The van der Waals surface area contributed by atoms with E-state index in [1.165, 1.54) is 0 Å². The predicted octanol–water partition coefficient (Wildman–Crippen LogP) is 4.06. The van der Waals surface area contributed by atoms with E-state index < -0.39 is 7.52 Å². The van der Waals surface area contributed by atoms with Gasteiger partial charge in [0.25, 0.3) is 0 Å². The van der Waals surface area contributed by atoms with Crippen LogP contribution in [-0.4, -0.2) is 33.9 Å².